The molecule has 0 saturated heterocycles. The molecule has 1 rings (SSSR count). The number of aryl methyl sites for hydroxylation is 1. The van der Waals surface area contributed by atoms with Crippen LogP contribution in [0.15, 0.2) is 18.2 Å². The molecule has 2 nitrogen and oxygen atoms in total. The number of benzene rings is 1. The Morgan fingerprint density at radius 1 is 1.41 bits per heavy atom. The maximum atomic E-state index is 12.6. The number of halogens is 4. The fourth-order valence-electron chi connectivity index (χ4n) is 1.13. The second-order valence-electron chi connectivity index (χ2n) is 3.51. The molecule has 0 saturated carbocycles. The Morgan fingerprint density at radius 3 is 2.59 bits per heavy atom. The van der Waals surface area contributed by atoms with Crippen LogP contribution in [0.3, 0.4) is 0 Å². The molecule has 0 aliphatic rings. The van der Waals surface area contributed by atoms with Crippen LogP contribution in [0.25, 0.3) is 0 Å². The van der Waals surface area contributed by atoms with E-state index in [-0.39, 0.29) is 11.3 Å². The van der Waals surface area contributed by atoms with Crippen molar-refractivity contribution in [1.29, 1.82) is 0 Å². The van der Waals surface area contributed by atoms with E-state index in [4.69, 9.17) is 0 Å². The molecule has 0 amide bonds. The lowest BCUT2D eigenvalue weighted by Gasteiger charge is -2.16. The van der Waals surface area contributed by atoms with Crippen molar-refractivity contribution in [3.05, 3.63) is 29.3 Å². The average molecular weight is 250 g/mol. The van der Waals surface area contributed by atoms with Crippen molar-refractivity contribution >= 4 is 6.29 Å². The minimum atomic E-state index is -4.23. The van der Waals surface area contributed by atoms with Crippen molar-refractivity contribution < 1.29 is 27.1 Å². The van der Waals surface area contributed by atoms with Gasteiger partial charge in [-0.2, -0.15) is 8.78 Å². The van der Waals surface area contributed by atoms with Crippen LogP contribution in [-0.2, 0) is 0 Å². The van der Waals surface area contributed by atoms with Gasteiger partial charge in [-0.1, -0.05) is 11.6 Å². The Hall–Kier alpha value is -1.59. The lowest BCUT2D eigenvalue weighted by Crippen LogP contribution is -2.33. The molecule has 94 valence electrons. The summed E-state index contributed by atoms with van der Waals surface area (Å²) in [6, 6.07) is 4.24. The fourth-order valence-corrected chi connectivity index (χ4v) is 1.13. The molecule has 0 atom stereocenters. The molecular weight excluding hydrogens is 240 g/mol. The molecule has 0 aliphatic carbocycles. The zero-order valence-electron chi connectivity index (χ0n) is 8.92. The second kappa shape index (κ2) is 5.16. The van der Waals surface area contributed by atoms with Gasteiger partial charge in [0.05, 0.1) is 5.56 Å². The van der Waals surface area contributed by atoms with Gasteiger partial charge in [-0.05, 0) is 19.1 Å². The summed E-state index contributed by atoms with van der Waals surface area (Å²) in [6.07, 6.45) is -3.38. The predicted molar refractivity (Wildman–Crippen MR) is 53.0 cm³/mol. The zero-order valence-corrected chi connectivity index (χ0v) is 8.92. The maximum Gasteiger partial charge on any atom is 0.340 e. The second-order valence-corrected chi connectivity index (χ2v) is 3.51. The number of aldehydes is 1. The van der Waals surface area contributed by atoms with Crippen molar-refractivity contribution in [2.75, 3.05) is 6.61 Å². The van der Waals surface area contributed by atoms with Gasteiger partial charge in [-0.25, -0.2) is 8.78 Å². The van der Waals surface area contributed by atoms with Crippen LogP contribution in [0.2, 0.25) is 0 Å². The van der Waals surface area contributed by atoms with Crippen LogP contribution in [0.1, 0.15) is 15.9 Å². The molecule has 0 unspecified atom stereocenters. The Kier molecular flexibility index (Phi) is 4.09. The first-order valence-electron chi connectivity index (χ1n) is 4.71. The first kappa shape index (κ1) is 13.5. The highest BCUT2D eigenvalue weighted by Gasteiger charge is 2.41. The molecule has 1 aromatic rings. The van der Waals surface area contributed by atoms with E-state index in [1.165, 1.54) is 18.2 Å². The van der Waals surface area contributed by atoms with Gasteiger partial charge in [0.25, 0.3) is 0 Å². The van der Waals surface area contributed by atoms with E-state index in [1.807, 2.05) is 0 Å². The van der Waals surface area contributed by atoms with E-state index in [1.54, 1.807) is 6.92 Å². The van der Waals surface area contributed by atoms with Gasteiger partial charge in [0.2, 0.25) is 0 Å². The number of carbonyl (C=O) groups excluding carboxylic acids is 1. The number of carbonyl (C=O) groups is 1. The van der Waals surface area contributed by atoms with Crippen molar-refractivity contribution in [3.63, 3.8) is 0 Å². The van der Waals surface area contributed by atoms with Gasteiger partial charge in [0.15, 0.2) is 12.9 Å². The highest BCUT2D eigenvalue weighted by Crippen LogP contribution is 2.25. The summed E-state index contributed by atoms with van der Waals surface area (Å²) in [6.45, 7) is 0.235. The van der Waals surface area contributed by atoms with Gasteiger partial charge in [0.1, 0.15) is 5.75 Å². The zero-order chi connectivity index (χ0) is 13.1. The summed E-state index contributed by atoms with van der Waals surface area (Å²) in [5.41, 5.74) is 0.787. The van der Waals surface area contributed by atoms with E-state index in [9.17, 15) is 22.4 Å². The highest BCUT2D eigenvalue weighted by atomic mass is 19.3. The van der Waals surface area contributed by atoms with E-state index in [2.05, 4.69) is 4.74 Å². The van der Waals surface area contributed by atoms with Crippen LogP contribution in [0.4, 0.5) is 17.6 Å². The minimum absolute atomic E-state index is 0.0510. The Morgan fingerprint density at radius 2 is 2.06 bits per heavy atom. The van der Waals surface area contributed by atoms with Crippen LogP contribution in [0.5, 0.6) is 5.75 Å². The summed E-state index contributed by atoms with van der Waals surface area (Å²) in [5.74, 6) is -4.36. The number of alkyl halides is 4. The number of hydrogen-bond donors (Lipinski definition) is 0. The number of hydrogen-bond acceptors (Lipinski definition) is 2. The molecule has 0 fully saturated rings. The summed E-state index contributed by atoms with van der Waals surface area (Å²) >= 11 is 0. The number of rotatable bonds is 5. The van der Waals surface area contributed by atoms with Gasteiger partial charge >= 0.3 is 12.3 Å². The quantitative estimate of drug-likeness (QED) is 0.593. The van der Waals surface area contributed by atoms with E-state index in [0.717, 1.165) is 5.56 Å². The molecule has 0 heterocycles. The smallest absolute Gasteiger partial charge is 0.340 e. The van der Waals surface area contributed by atoms with Crippen molar-refractivity contribution in [2.45, 2.75) is 19.3 Å². The molecule has 0 aromatic heterocycles. The molecule has 6 heteroatoms. The Bertz CT molecular complexity index is 404. The molecule has 0 radical (unpaired) electrons. The van der Waals surface area contributed by atoms with Crippen LogP contribution in [0, 0.1) is 6.92 Å². The lowest BCUT2D eigenvalue weighted by atomic mass is 10.1. The standard InChI is InChI=1S/C11H10F4O2/c1-7-2-3-9(8(4-7)5-16)17-6-11(14,15)10(12)13/h2-5,10H,6H2,1H3. The average Bonchev–Trinajstić information content (AvgIpc) is 2.27. The molecule has 1 aromatic carbocycles. The summed E-state index contributed by atoms with van der Waals surface area (Å²) in [7, 11) is 0. The SMILES string of the molecule is Cc1ccc(OCC(F)(F)C(F)F)c(C=O)c1. The first-order valence-corrected chi connectivity index (χ1v) is 4.71. The van der Waals surface area contributed by atoms with E-state index >= 15 is 0 Å². The molecule has 0 aliphatic heterocycles. The Balaban J connectivity index is 2.79. The van der Waals surface area contributed by atoms with Crippen LogP contribution in [-0.4, -0.2) is 25.2 Å². The fraction of sp³-hybridized carbons (Fsp3) is 0.364. The first-order chi connectivity index (χ1) is 7.86. The maximum absolute atomic E-state index is 12.6. The molecule has 17 heavy (non-hydrogen) atoms. The largest absolute Gasteiger partial charge is 0.486 e. The van der Waals surface area contributed by atoms with Gasteiger partial charge in [-0.3, -0.25) is 4.79 Å². The van der Waals surface area contributed by atoms with Gasteiger partial charge < -0.3 is 4.74 Å². The topological polar surface area (TPSA) is 26.3 Å². The third-order valence-corrected chi connectivity index (χ3v) is 2.03. The Labute approximate surface area is 95.2 Å². The van der Waals surface area contributed by atoms with Crippen molar-refractivity contribution in [2.24, 2.45) is 0 Å². The van der Waals surface area contributed by atoms with Crippen molar-refractivity contribution in [3.8, 4) is 5.75 Å². The third kappa shape index (κ3) is 3.44. The summed E-state index contributed by atoms with van der Waals surface area (Å²) in [4.78, 5) is 10.6. The van der Waals surface area contributed by atoms with Gasteiger partial charge in [-0.15, -0.1) is 0 Å². The summed E-state index contributed by atoms with van der Waals surface area (Å²) in [5, 5.41) is 0. The highest BCUT2D eigenvalue weighted by molar-refractivity contribution is 5.79. The number of ether oxygens (including phenoxy) is 1. The van der Waals surface area contributed by atoms with Gasteiger partial charge in [0, 0.05) is 0 Å². The molecule has 0 N–H and O–H groups in total. The normalized spacial score (nSPS) is 11.6. The lowest BCUT2D eigenvalue weighted by molar-refractivity contribution is -0.148. The molecular formula is C11H10F4O2. The van der Waals surface area contributed by atoms with Crippen LogP contribution >= 0.6 is 0 Å². The van der Waals surface area contributed by atoms with E-state index < -0.39 is 19.0 Å². The predicted octanol–water partition coefficient (Wildman–Crippen LogP) is 3.09. The van der Waals surface area contributed by atoms with E-state index in [0.29, 0.717) is 6.29 Å². The summed E-state index contributed by atoms with van der Waals surface area (Å²) < 4.78 is 53.4. The molecule has 0 spiro atoms. The van der Waals surface area contributed by atoms with Crippen molar-refractivity contribution in [1.82, 2.24) is 0 Å². The van der Waals surface area contributed by atoms with Crippen LogP contribution < -0.4 is 4.74 Å². The molecule has 0 bridgehead atoms. The monoisotopic (exact) mass is 250 g/mol. The third-order valence-electron chi connectivity index (χ3n) is 2.03. The minimum Gasteiger partial charge on any atom is -0.486 e.